The fraction of sp³-hybridized carbons (Fsp3) is 1.00. The second-order valence-corrected chi connectivity index (χ2v) is 2.72. The summed E-state index contributed by atoms with van der Waals surface area (Å²) in [5, 5.41) is 0. The molecular formula is C9H19FO. The van der Waals surface area contributed by atoms with Crippen LogP contribution in [0.1, 0.15) is 39.0 Å². The average molecular weight is 162 g/mol. The predicted octanol–water partition coefficient (Wildman–Crippen LogP) is 2.94. The highest BCUT2D eigenvalue weighted by molar-refractivity contribution is 4.41. The molecule has 0 atom stereocenters. The smallest absolute Gasteiger partial charge is 0.113 e. The van der Waals surface area contributed by atoms with Crippen molar-refractivity contribution in [2.75, 3.05) is 19.9 Å². The Morgan fingerprint density at radius 1 is 1.00 bits per heavy atom. The van der Waals surface area contributed by atoms with Gasteiger partial charge in [-0.25, -0.2) is 4.39 Å². The van der Waals surface area contributed by atoms with Crippen LogP contribution in [0, 0.1) is 0 Å². The van der Waals surface area contributed by atoms with Gasteiger partial charge in [-0.05, 0) is 6.42 Å². The van der Waals surface area contributed by atoms with E-state index in [0.29, 0.717) is 0 Å². The van der Waals surface area contributed by atoms with Crippen LogP contribution in [0.5, 0.6) is 0 Å². The molecule has 0 fully saturated rings. The molecule has 0 saturated carbocycles. The van der Waals surface area contributed by atoms with Gasteiger partial charge in [-0.15, -0.1) is 0 Å². The molecule has 2 heteroatoms. The van der Waals surface area contributed by atoms with Gasteiger partial charge in [0.2, 0.25) is 0 Å². The molecule has 0 aliphatic heterocycles. The van der Waals surface area contributed by atoms with Crippen LogP contribution in [0.25, 0.3) is 0 Å². The summed E-state index contributed by atoms with van der Waals surface area (Å²) in [4.78, 5) is 0. The van der Waals surface area contributed by atoms with E-state index in [1.54, 1.807) is 0 Å². The normalized spacial score (nSPS) is 10.4. The Bertz CT molecular complexity index is 58.6. The van der Waals surface area contributed by atoms with Crippen molar-refractivity contribution in [2.24, 2.45) is 0 Å². The largest absolute Gasteiger partial charge is 0.379 e. The first-order valence-electron chi connectivity index (χ1n) is 4.55. The third-order valence-corrected chi connectivity index (χ3v) is 1.61. The molecule has 0 aromatic rings. The zero-order valence-corrected chi connectivity index (χ0v) is 7.44. The Labute approximate surface area is 68.9 Å². The van der Waals surface area contributed by atoms with Gasteiger partial charge in [-0.1, -0.05) is 32.6 Å². The van der Waals surface area contributed by atoms with Crippen LogP contribution in [0.4, 0.5) is 4.39 Å². The summed E-state index contributed by atoms with van der Waals surface area (Å²) in [7, 11) is 0. The van der Waals surface area contributed by atoms with Gasteiger partial charge < -0.3 is 4.74 Å². The lowest BCUT2D eigenvalue weighted by Crippen LogP contribution is -1.97. The number of ether oxygens (including phenoxy) is 1. The second kappa shape index (κ2) is 9.89. The van der Waals surface area contributed by atoms with E-state index in [2.05, 4.69) is 6.92 Å². The highest BCUT2D eigenvalue weighted by Crippen LogP contribution is 2.01. The third kappa shape index (κ3) is 9.89. The van der Waals surface area contributed by atoms with Crippen LogP contribution in [-0.2, 0) is 4.74 Å². The van der Waals surface area contributed by atoms with Gasteiger partial charge in [0.15, 0.2) is 0 Å². The molecule has 0 bridgehead atoms. The lowest BCUT2D eigenvalue weighted by molar-refractivity contribution is 0.115. The van der Waals surface area contributed by atoms with E-state index >= 15 is 0 Å². The maximum absolute atomic E-state index is 11.5. The zero-order chi connectivity index (χ0) is 8.36. The molecule has 0 unspecified atom stereocenters. The van der Waals surface area contributed by atoms with Crippen LogP contribution in [-0.4, -0.2) is 19.9 Å². The van der Waals surface area contributed by atoms with E-state index in [0.717, 1.165) is 13.0 Å². The average Bonchev–Trinajstić information content (AvgIpc) is 2.03. The van der Waals surface area contributed by atoms with Crippen LogP contribution < -0.4 is 0 Å². The number of hydrogen-bond acceptors (Lipinski definition) is 1. The van der Waals surface area contributed by atoms with Crippen molar-refractivity contribution in [3.05, 3.63) is 0 Å². The van der Waals surface area contributed by atoms with E-state index in [1.165, 1.54) is 25.7 Å². The first kappa shape index (κ1) is 10.9. The van der Waals surface area contributed by atoms with Crippen molar-refractivity contribution in [1.82, 2.24) is 0 Å². The molecule has 0 N–H and O–H groups in total. The van der Waals surface area contributed by atoms with Crippen LogP contribution in [0.15, 0.2) is 0 Å². The Morgan fingerprint density at radius 2 is 1.73 bits per heavy atom. The number of rotatable bonds is 8. The molecule has 68 valence electrons. The topological polar surface area (TPSA) is 9.23 Å². The molecule has 0 aromatic carbocycles. The van der Waals surface area contributed by atoms with E-state index in [4.69, 9.17) is 4.74 Å². The lowest BCUT2D eigenvalue weighted by Gasteiger charge is -2.00. The second-order valence-electron chi connectivity index (χ2n) is 2.72. The summed E-state index contributed by atoms with van der Waals surface area (Å²) in [6, 6.07) is 0. The Hall–Kier alpha value is -0.110. The highest BCUT2D eigenvalue weighted by Gasteiger charge is 1.89. The van der Waals surface area contributed by atoms with E-state index < -0.39 is 0 Å². The van der Waals surface area contributed by atoms with Gasteiger partial charge in [-0.3, -0.25) is 0 Å². The predicted molar refractivity (Wildman–Crippen MR) is 45.6 cm³/mol. The fourth-order valence-corrected chi connectivity index (χ4v) is 0.964. The van der Waals surface area contributed by atoms with E-state index in [9.17, 15) is 4.39 Å². The highest BCUT2D eigenvalue weighted by atomic mass is 19.1. The summed E-state index contributed by atoms with van der Waals surface area (Å²) in [5.41, 5.74) is 0. The molecule has 0 aromatic heterocycles. The maximum atomic E-state index is 11.5. The number of unbranched alkanes of at least 4 members (excludes halogenated alkanes) is 4. The van der Waals surface area contributed by atoms with Gasteiger partial charge in [-0.2, -0.15) is 0 Å². The summed E-state index contributed by atoms with van der Waals surface area (Å²) in [5.74, 6) is 0. The number of hydrogen-bond donors (Lipinski definition) is 0. The first-order chi connectivity index (χ1) is 5.41. The SMILES string of the molecule is CCCCCCCOCCF. The standard InChI is InChI=1S/C9H19FO/c1-2-3-4-5-6-8-11-9-7-10/h2-9H2,1H3. The van der Waals surface area contributed by atoms with Crippen molar-refractivity contribution >= 4 is 0 Å². The Balaban J connectivity index is 2.69. The van der Waals surface area contributed by atoms with Crippen LogP contribution >= 0.6 is 0 Å². The Morgan fingerprint density at radius 3 is 2.36 bits per heavy atom. The monoisotopic (exact) mass is 162 g/mol. The molecule has 1 nitrogen and oxygen atoms in total. The van der Waals surface area contributed by atoms with Gasteiger partial charge >= 0.3 is 0 Å². The maximum Gasteiger partial charge on any atom is 0.113 e. The van der Waals surface area contributed by atoms with Gasteiger partial charge in [0.1, 0.15) is 6.67 Å². The summed E-state index contributed by atoms with van der Waals surface area (Å²) in [6.07, 6.45) is 6.17. The first-order valence-corrected chi connectivity index (χ1v) is 4.55. The van der Waals surface area contributed by atoms with Gasteiger partial charge in [0.25, 0.3) is 0 Å². The van der Waals surface area contributed by atoms with Crippen LogP contribution in [0.3, 0.4) is 0 Å². The fourth-order valence-electron chi connectivity index (χ4n) is 0.964. The lowest BCUT2D eigenvalue weighted by atomic mass is 10.2. The summed E-state index contributed by atoms with van der Waals surface area (Å²) < 4.78 is 16.5. The Kier molecular flexibility index (Phi) is 9.79. The van der Waals surface area contributed by atoms with Crippen molar-refractivity contribution in [2.45, 2.75) is 39.0 Å². The minimum absolute atomic E-state index is 0.272. The van der Waals surface area contributed by atoms with Crippen molar-refractivity contribution < 1.29 is 9.13 Å². The molecule has 0 rings (SSSR count). The van der Waals surface area contributed by atoms with E-state index in [-0.39, 0.29) is 13.3 Å². The minimum Gasteiger partial charge on any atom is -0.379 e. The summed E-state index contributed by atoms with van der Waals surface area (Å²) in [6.45, 7) is 2.84. The third-order valence-electron chi connectivity index (χ3n) is 1.61. The quantitative estimate of drug-likeness (QED) is 0.499. The molecule has 0 saturated heterocycles. The molecule has 0 amide bonds. The minimum atomic E-state index is -0.352. The summed E-state index contributed by atoms with van der Waals surface area (Å²) >= 11 is 0. The molecule has 0 heterocycles. The molecular weight excluding hydrogens is 143 g/mol. The number of halogens is 1. The van der Waals surface area contributed by atoms with Crippen molar-refractivity contribution in [3.8, 4) is 0 Å². The zero-order valence-electron chi connectivity index (χ0n) is 7.44. The van der Waals surface area contributed by atoms with Crippen molar-refractivity contribution in [3.63, 3.8) is 0 Å². The van der Waals surface area contributed by atoms with Gasteiger partial charge in [0, 0.05) is 6.61 Å². The molecule has 0 aliphatic carbocycles. The van der Waals surface area contributed by atoms with Gasteiger partial charge in [0.05, 0.1) is 6.61 Å². The van der Waals surface area contributed by atoms with Crippen LogP contribution in [0.2, 0.25) is 0 Å². The number of alkyl halides is 1. The molecule has 0 spiro atoms. The molecule has 0 aliphatic rings. The van der Waals surface area contributed by atoms with E-state index in [1.807, 2.05) is 0 Å². The van der Waals surface area contributed by atoms with Crippen molar-refractivity contribution in [1.29, 1.82) is 0 Å². The molecule has 0 radical (unpaired) electrons. The molecule has 11 heavy (non-hydrogen) atoms.